The van der Waals surface area contributed by atoms with E-state index in [2.05, 4.69) is 27.3 Å². The normalized spacial score (nSPS) is 19.3. The van der Waals surface area contributed by atoms with Crippen LogP contribution in [0.5, 0.6) is 0 Å². The highest BCUT2D eigenvalue weighted by molar-refractivity contribution is 9.10. The average molecular weight is 308 g/mol. The highest BCUT2D eigenvalue weighted by Gasteiger charge is 2.30. The van der Waals surface area contributed by atoms with Gasteiger partial charge in [0.2, 0.25) is 5.91 Å². The van der Waals surface area contributed by atoms with Crippen LogP contribution < -0.4 is 10.2 Å². The van der Waals surface area contributed by atoms with E-state index in [4.69, 9.17) is 5.26 Å². The van der Waals surface area contributed by atoms with E-state index in [9.17, 15) is 4.79 Å². The first kappa shape index (κ1) is 12.9. The van der Waals surface area contributed by atoms with Crippen molar-refractivity contribution in [3.8, 4) is 6.07 Å². The zero-order valence-electron chi connectivity index (χ0n) is 10.1. The maximum absolute atomic E-state index is 11.8. The van der Waals surface area contributed by atoms with Gasteiger partial charge >= 0.3 is 0 Å². The molecule has 5 heteroatoms. The molecular formula is C13H14BrN3O. The molecule has 1 saturated heterocycles. The van der Waals surface area contributed by atoms with Crippen molar-refractivity contribution in [2.24, 2.45) is 0 Å². The van der Waals surface area contributed by atoms with Crippen LogP contribution in [-0.4, -0.2) is 25.0 Å². The molecule has 0 spiro atoms. The number of carbonyl (C=O) groups excluding carboxylic acids is 1. The summed E-state index contributed by atoms with van der Waals surface area (Å²) in [6.45, 7) is 3.37. The van der Waals surface area contributed by atoms with Crippen LogP contribution in [0.25, 0.3) is 0 Å². The largest absolute Gasteiger partial charge is 0.357 e. The van der Waals surface area contributed by atoms with Crippen molar-refractivity contribution >= 4 is 27.5 Å². The molecule has 1 atom stereocenters. The quantitative estimate of drug-likeness (QED) is 0.909. The number of benzene rings is 1. The number of aryl methyl sites for hydroxylation is 1. The molecule has 18 heavy (non-hydrogen) atoms. The molecule has 0 aliphatic carbocycles. The lowest BCUT2D eigenvalue weighted by Gasteiger charge is -2.36. The smallest absolute Gasteiger partial charge is 0.243 e. The predicted octanol–water partition coefficient (Wildman–Crippen LogP) is 1.98. The van der Waals surface area contributed by atoms with E-state index in [0.717, 1.165) is 22.3 Å². The maximum atomic E-state index is 11.8. The third kappa shape index (κ3) is 2.49. The molecule has 1 unspecified atom stereocenters. The third-order valence-corrected chi connectivity index (χ3v) is 3.58. The first-order valence-electron chi connectivity index (χ1n) is 5.81. The van der Waals surface area contributed by atoms with Crippen LogP contribution in [0.4, 0.5) is 5.69 Å². The molecular weight excluding hydrogens is 294 g/mol. The summed E-state index contributed by atoms with van der Waals surface area (Å²) < 4.78 is 1.02. The summed E-state index contributed by atoms with van der Waals surface area (Å²) in [4.78, 5) is 13.9. The first-order valence-corrected chi connectivity index (χ1v) is 6.60. The van der Waals surface area contributed by atoms with E-state index < -0.39 is 0 Å². The van der Waals surface area contributed by atoms with Crippen LogP contribution in [0.2, 0.25) is 0 Å². The second-order valence-electron chi connectivity index (χ2n) is 4.29. The van der Waals surface area contributed by atoms with Crippen LogP contribution in [0.1, 0.15) is 12.0 Å². The Morgan fingerprint density at radius 2 is 2.39 bits per heavy atom. The van der Waals surface area contributed by atoms with Gasteiger partial charge in [-0.2, -0.15) is 5.26 Å². The van der Waals surface area contributed by atoms with Crippen LogP contribution in [0.3, 0.4) is 0 Å². The van der Waals surface area contributed by atoms with E-state index in [0.29, 0.717) is 6.54 Å². The molecule has 94 valence electrons. The molecule has 0 aromatic heterocycles. The Hall–Kier alpha value is -1.54. The Labute approximate surface area is 115 Å². The zero-order chi connectivity index (χ0) is 13.1. The van der Waals surface area contributed by atoms with Crippen LogP contribution >= 0.6 is 15.9 Å². The van der Waals surface area contributed by atoms with Crippen molar-refractivity contribution in [1.29, 1.82) is 5.26 Å². The molecule has 0 bridgehead atoms. The Morgan fingerprint density at radius 3 is 3.06 bits per heavy atom. The first-order chi connectivity index (χ1) is 8.63. The van der Waals surface area contributed by atoms with Crippen molar-refractivity contribution in [2.45, 2.75) is 19.4 Å². The molecule has 4 nitrogen and oxygen atoms in total. The van der Waals surface area contributed by atoms with Gasteiger partial charge in [0.15, 0.2) is 0 Å². The van der Waals surface area contributed by atoms with Crippen LogP contribution in [0, 0.1) is 18.3 Å². The van der Waals surface area contributed by atoms with Gasteiger partial charge in [-0.1, -0.05) is 15.9 Å². The Balaban J connectivity index is 2.34. The molecule has 1 aliphatic rings. The van der Waals surface area contributed by atoms with Crippen molar-refractivity contribution in [2.75, 3.05) is 18.0 Å². The summed E-state index contributed by atoms with van der Waals surface area (Å²) in [7, 11) is 0. The van der Waals surface area contributed by atoms with Gasteiger partial charge in [-0.3, -0.25) is 4.79 Å². The summed E-state index contributed by atoms with van der Waals surface area (Å²) >= 11 is 3.43. The van der Waals surface area contributed by atoms with Crippen molar-refractivity contribution in [3.63, 3.8) is 0 Å². The van der Waals surface area contributed by atoms with Gasteiger partial charge in [0.25, 0.3) is 0 Å². The van der Waals surface area contributed by atoms with E-state index in [-0.39, 0.29) is 18.4 Å². The number of rotatable bonds is 2. The average Bonchev–Trinajstić information content (AvgIpc) is 2.32. The Morgan fingerprint density at radius 1 is 1.61 bits per heavy atom. The SMILES string of the molecule is Cc1cc(Br)ccc1N1CCNC(=O)C1CC#N. The van der Waals surface area contributed by atoms with Crippen LogP contribution in [0.15, 0.2) is 22.7 Å². The Bertz CT molecular complexity index is 509. The topological polar surface area (TPSA) is 56.1 Å². The van der Waals surface area contributed by atoms with E-state index >= 15 is 0 Å². The van der Waals surface area contributed by atoms with E-state index in [1.54, 1.807) is 0 Å². The summed E-state index contributed by atoms with van der Waals surface area (Å²) in [5.74, 6) is -0.0647. The van der Waals surface area contributed by atoms with Crippen molar-refractivity contribution in [1.82, 2.24) is 5.32 Å². The fourth-order valence-electron chi connectivity index (χ4n) is 2.23. The lowest BCUT2D eigenvalue weighted by atomic mass is 10.1. The number of nitrogens with zero attached hydrogens (tertiary/aromatic N) is 2. The third-order valence-electron chi connectivity index (χ3n) is 3.08. The van der Waals surface area contributed by atoms with E-state index in [1.807, 2.05) is 30.0 Å². The molecule has 2 rings (SSSR count). The number of piperazine rings is 1. The van der Waals surface area contributed by atoms with Gasteiger partial charge in [-0.15, -0.1) is 0 Å². The minimum absolute atomic E-state index is 0.0647. The molecule has 1 aromatic rings. The summed E-state index contributed by atoms with van der Waals surface area (Å²) in [6.07, 6.45) is 0.210. The second kappa shape index (κ2) is 5.40. The molecule has 1 heterocycles. The molecule has 0 saturated carbocycles. The molecule has 1 aromatic carbocycles. The maximum Gasteiger partial charge on any atom is 0.243 e. The molecule has 1 aliphatic heterocycles. The molecule has 1 N–H and O–H groups in total. The van der Waals surface area contributed by atoms with Crippen molar-refractivity contribution in [3.05, 3.63) is 28.2 Å². The number of nitriles is 1. The fraction of sp³-hybridized carbons (Fsp3) is 0.385. The fourth-order valence-corrected chi connectivity index (χ4v) is 2.71. The minimum Gasteiger partial charge on any atom is -0.357 e. The number of hydrogen-bond donors (Lipinski definition) is 1. The van der Waals surface area contributed by atoms with Crippen molar-refractivity contribution < 1.29 is 4.79 Å². The predicted molar refractivity (Wildman–Crippen MR) is 73.3 cm³/mol. The molecule has 1 fully saturated rings. The van der Waals surface area contributed by atoms with Gasteiger partial charge in [-0.25, -0.2) is 0 Å². The Kier molecular flexibility index (Phi) is 3.87. The standard InChI is InChI=1S/C13H14BrN3O/c1-9-8-10(14)2-3-11(9)17-7-6-16-13(18)12(17)4-5-15/h2-3,8,12H,4,6-7H2,1H3,(H,16,18). The number of carbonyl (C=O) groups is 1. The summed E-state index contributed by atoms with van der Waals surface area (Å²) in [6, 6.07) is 7.67. The second-order valence-corrected chi connectivity index (χ2v) is 5.21. The molecule has 0 radical (unpaired) electrons. The lowest BCUT2D eigenvalue weighted by molar-refractivity contribution is -0.123. The highest BCUT2D eigenvalue weighted by Crippen LogP contribution is 2.27. The summed E-state index contributed by atoms with van der Waals surface area (Å²) in [5, 5.41) is 11.7. The van der Waals surface area contributed by atoms with Gasteiger partial charge in [0.05, 0.1) is 12.5 Å². The van der Waals surface area contributed by atoms with Gasteiger partial charge in [-0.05, 0) is 30.7 Å². The summed E-state index contributed by atoms with van der Waals surface area (Å²) in [5.41, 5.74) is 2.12. The molecule has 1 amide bonds. The monoisotopic (exact) mass is 307 g/mol. The number of amides is 1. The van der Waals surface area contributed by atoms with Gasteiger partial charge in [0, 0.05) is 23.2 Å². The van der Waals surface area contributed by atoms with Crippen LogP contribution in [-0.2, 0) is 4.79 Å². The number of anilines is 1. The van der Waals surface area contributed by atoms with Gasteiger partial charge < -0.3 is 10.2 Å². The number of nitrogens with one attached hydrogen (secondary N) is 1. The van der Waals surface area contributed by atoms with E-state index in [1.165, 1.54) is 0 Å². The highest BCUT2D eigenvalue weighted by atomic mass is 79.9. The number of halogens is 1. The van der Waals surface area contributed by atoms with Gasteiger partial charge in [0.1, 0.15) is 6.04 Å². The zero-order valence-corrected chi connectivity index (χ0v) is 11.7. The number of hydrogen-bond acceptors (Lipinski definition) is 3. The lowest BCUT2D eigenvalue weighted by Crippen LogP contribution is -2.55. The minimum atomic E-state index is -0.386.